The van der Waals surface area contributed by atoms with Crippen LogP contribution in [0, 0.1) is 11.7 Å². The molecule has 1 amide bonds. The highest BCUT2D eigenvalue weighted by Gasteiger charge is 2.33. The average Bonchev–Trinajstić information content (AvgIpc) is 3.14. The molecule has 1 unspecified atom stereocenters. The Hall–Kier alpha value is -2.90. The van der Waals surface area contributed by atoms with Gasteiger partial charge in [-0.05, 0) is 42.7 Å². The molecule has 1 aliphatic heterocycles. The fraction of sp³-hybridized carbons (Fsp3) is 0.391. The maximum atomic E-state index is 13.5. The second-order valence-electron chi connectivity index (χ2n) is 8.02. The third-order valence-corrected chi connectivity index (χ3v) is 5.74. The van der Waals surface area contributed by atoms with E-state index in [1.807, 2.05) is 0 Å². The summed E-state index contributed by atoms with van der Waals surface area (Å²) in [5.41, 5.74) is 1.13. The van der Waals surface area contributed by atoms with Crippen molar-refractivity contribution >= 4 is 11.6 Å². The SMILES string of the molecule is O=C(C1CCC1)N(Cc1ccc(C(F)(F)F)cc1)CC1CC(c2cccc(F)c2)=NO1. The van der Waals surface area contributed by atoms with Crippen LogP contribution in [0.5, 0.6) is 0 Å². The summed E-state index contributed by atoms with van der Waals surface area (Å²) in [6.07, 6.45) is -1.74. The van der Waals surface area contributed by atoms with Gasteiger partial charge in [-0.1, -0.05) is 35.8 Å². The summed E-state index contributed by atoms with van der Waals surface area (Å²) in [4.78, 5) is 20.1. The highest BCUT2D eigenvalue weighted by Crippen LogP contribution is 2.31. The second-order valence-corrected chi connectivity index (χ2v) is 8.02. The van der Waals surface area contributed by atoms with Gasteiger partial charge >= 0.3 is 6.18 Å². The molecule has 0 spiro atoms. The Morgan fingerprint density at radius 3 is 2.48 bits per heavy atom. The molecular formula is C23H22F4N2O2. The van der Waals surface area contributed by atoms with Gasteiger partial charge < -0.3 is 9.74 Å². The average molecular weight is 434 g/mol. The van der Waals surface area contributed by atoms with E-state index in [2.05, 4.69) is 5.16 Å². The number of carbonyl (C=O) groups excluding carboxylic acids is 1. The number of amides is 1. The first-order valence-electron chi connectivity index (χ1n) is 10.2. The number of carbonyl (C=O) groups is 1. The normalized spacial score (nSPS) is 18.8. The Labute approximate surface area is 177 Å². The lowest BCUT2D eigenvalue weighted by molar-refractivity contribution is -0.141. The molecule has 2 aliphatic rings. The number of rotatable bonds is 6. The highest BCUT2D eigenvalue weighted by atomic mass is 19.4. The van der Waals surface area contributed by atoms with E-state index < -0.39 is 17.8 Å². The van der Waals surface area contributed by atoms with Crippen molar-refractivity contribution in [2.75, 3.05) is 6.54 Å². The Morgan fingerprint density at radius 2 is 1.87 bits per heavy atom. The lowest BCUT2D eigenvalue weighted by Gasteiger charge is -2.32. The van der Waals surface area contributed by atoms with Crippen LogP contribution in [0.2, 0.25) is 0 Å². The van der Waals surface area contributed by atoms with Gasteiger partial charge in [0.05, 0.1) is 17.8 Å². The number of benzene rings is 2. The quantitative estimate of drug-likeness (QED) is 0.589. The van der Waals surface area contributed by atoms with Crippen LogP contribution >= 0.6 is 0 Å². The standard InChI is InChI=1S/C23H22F4N2O2/c24-19-6-2-5-17(11-19)21-12-20(31-28-21)14-29(22(30)16-3-1-4-16)13-15-7-9-18(10-8-15)23(25,26)27/h2,5-11,16,20H,1,3-4,12-14H2. The van der Waals surface area contributed by atoms with E-state index in [1.165, 1.54) is 24.3 Å². The number of oxime groups is 1. The van der Waals surface area contributed by atoms with E-state index in [9.17, 15) is 22.4 Å². The van der Waals surface area contributed by atoms with Crippen LogP contribution in [0.15, 0.2) is 53.7 Å². The molecule has 1 atom stereocenters. The molecule has 0 radical (unpaired) electrons. The third kappa shape index (κ3) is 5.06. The minimum atomic E-state index is -4.40. The van der Waals surface area contributed by atoms with Crippen molar-refractivity contribution in [2.24, 2.45) is 11.1 Å². The number of hydrogen-bond acceptors (Lipinski definition) is 3. The first-order chi connectivity index (χ1) is 14.8. The molecule has 0 N–H and O–H groups in total. The van der Waals surface area contributed by atoms with Gasteiger partial charge in [-0.2, -0.15) is 13.2 Å². The van der Waals surface area contributed by atoms with Crippen molar-refractivity contribution in [1.82, 2.24) is 4.90 Å². The van der Waals surface area contributed by atoms with Gasteiger partial charge in [-0.3, -0.25) is 4.79 Å². The fourth-order valence-electron chi connectivity index (χ4n) is 3.78. The van der Waals surface area contributed by atoms with E-state index in [4.69, 9.17) is 4.84 Å². The smallest absolute Gasteiger partial charge is 0.390 e. The van der Waals surface area contributed by atoms with Crippen molar-refractivity contribution in [3.05, 3.63) is 71.0 Å². The maximum Gasteiger partial charge on any atom is 0.416 e. The molecule has 0 bridgehead atoms. The number of nitrogens with zero attached hydrogens (tertiary/aromatic N) is 2. The number of halogens is 4. The largest absolute Gasteiger partial charge is 0.416 e. The van der Waals surface area contributed by atoms with Gasteiger partial charge in [0.15, 0.2) is 6.10 Å². The summed E-state index contributed by atoms with van der Waals surface area (Å²) >= 11 is 0. The summed E-state index contributed by atoms with van der Waals surface area (Å²) in [5, 5.41) is 4.05. The molecule has 4 rings (SSSR count). The van der Waals surface area contributed by atoms with Gasteiger partial charge in [-0.15, -0.1) is 0 Å². The Balaban J connectivity index is 1.44. The Bertz CT molecular complexity index is 968. The summed E-state index contributed by atoms with van der Waals surface area (Å²) in [5.74, 6) is -0.443. The predicted molar refractivity (Wildman–Crippen MR) is 107 cm³/mol. The first kappa shape index (κ1) is 21.3. The molecule has 1 fully saturated rings. The maximum absolute atomic E-state index is 13.5. The van der Waals surface area contributed by atoms with Crippen LogP contribution in [0.25, 0.3) is 0 Å². The van der Waals surface area contributed by atoms with Crippen molar-refractivity contribution < 1.29 is 27.2 Å². The lowest BCUT2D eigenvalue weighted by atomic mass is 9.84. The molecule has 1 saturated carbocycles. The molecule has 8 heteroatoms. The molecule has 0 saturated heterocycles. The fourth-order valence-corrected chi connectivity index (χ4v) is 3.78. The van der Waals surface area contributed by atoms with Gasteiger partial charge in [0, 0.05) is 24.4 Å². The van der Waals surface area contributed by atoms with Gasteiger partial charge in [-0.25, -0.2) is 4.39 Å². The van der Waals surface area contributed by atoms with Crippen molar-refractivity contribution in [2.45, 2.75) is 44.5 Å². The van der Waals surface area contributed by atoms with Crippen LogP contribution in [0.1, 0.15) is 42.4 Å². The highest BCUT2D eigenvalue weighted by molar-refractivity contribution is 6.01. The molecule has 2 aromatic rings. The Morgan fingerprint density at radius 1 is 1.13 bits per heavy atom. The van der Waals surface area contributed by atoms with Gasteiger partial charge in [0.1, 0.15) is 5.82 Å². The Kier molecular flexibility index (Phi) is 5.98. The zero-order valence-electron chi connectivity index (χ0n) is 16.7. The van der Waals surface area contributed by atoms with Gasteiger partial charge in [0.25, 0.3) is 0 Å². The summed E-state index contributed by atoms with van der Waals surface area (Å²) < 4.78 is 52.0. The van der Waals surface area contributed by atoms with Crippen LogP contribution in [0.4, 0.5) is 17.6 Å². The van der Waals surface area contributed by atoms with E-state index in [-0.39, 0.29) is 30.7 Å². The van der Waals surface area contributed by atoms with Crippen molar-refractivity contribution in [3.63, 3.8) is 0 Å². The lowest BCUT2D eigenvalue weighted by Crippen LogP contribution is -2.42. The van der Waals surface area contributed by atoms with Crippen LogP contribution in [-0.2, 0) is 22.4 Å². The predicted octanol–water partition coefficient (Wildman–Crippen LogP) is 5.17. The minimum Gasteiger partial charge on any atom is -0.390 e. The number of alkyl halides is 3. The monoisotopic (exact) mass is 434 g/mol. The molecule has 0 aromatic heterocycles. The van der Waals surface area contributed by atoms with Crippen LogP contribution in [0.3, 0.4) is 0 Å². The first-order valence-corrected chi connectivity index (χ1v) is 10.2. The van der Waals surface area contributed by atoms with Gasteiger partial charge in [0.2, 0.25) is 5.91 Å². The molecule has 31 heavy (non-hydrogen) atoms. The summed E-state index contributed by atoms with van der Waals surface area (Å²) in [7, 11) is 0. The molecule has 4 nitrogen and oxygen atoms in total. The topological polar surface area (TPSA) is 41.9 Å². The summed E-state index contributed by atoms with van der Waals surface area (Å²) in [6, 6.07) is 10.9. The van der Waals surface area contributed by atoms with Crippen molar-refractivity contribution in [1.29, 1.82) is 0 Å². The van der Waals surface area contributed by atoms with E-state index in [1.54, 1.807) is 17.0 Å². The zero-order valence-corrected chi connectivity index (χ0v) is 16.7. The van der Waals surface area contributed by atoms with E-state index in [0.717, 1.165) is 31.4 Å². The van der Waals surface area contributed by atoms with Crippen LogP contribution < -0.4 is 0 Å². The minimum absolute atomic E-state index is 0.0195. The second kappa shape index (κ2) is 8.69. The molecule has 1 heterocycles. The van der Waals surface area contributed by atoms with Crippen molar-refractivity contribution in [3.8, 4) is 0 Å². The zero-order chi connectivity index (χ0) is 22.0. The molecule has 1 aliphatic carbocycles. The van der Waals surface area contributed by atoms with Crippen LogP contribution in [-0.4, -0.2) is 29.2 Å². The van der Waals surface area contributed by atoms with E-state index >= 15 is 0 Å². The number of hydrogen-bond donors (Lipinski definition) is 0. The summed E-state index contributed by atoms with van der Waals surface area (Å²) in [6.45, 7) is 0.460. The third-order valence-electron chi connectivity index (χ3n) is 5.74. The molecule has 2 aromatic carbocycles. The van der Waals surface area contributed by atoms with E-state index in [0.29, 0.717) is 23.3 Å². The molecule has 164 valence electrons. The molecular weight excluding hydrogens is 412 g/mol.